The monoisotopic (exact) mass is 967 g/mol. The van der Waals surface area contributed by atoms with Crippen LogP contribution >= 0.6 is 0 Å². The topological polar surface area (TPSA) is 92.7 Å². The van der Waals surface area contributed by atoms with E-state index < -0.39 is 55.5 Å². The van der Waals surface area contributed by atoms with Gasteiger partial charge in [0.25, 0.3) is 0 Å². The van der Waals surface area contributed by atoms with Gasteiger partial charge in [0.1, 0.15) is 6.10 Å². The second kappa shape index (κ2) is 26.2. The highest BCUT2D eigenvalue weighted by Crippen LogP contribution is 2.44. The first-order chi connectivity index (χ1) is 27.9. The van der Waals surface area contributed by atoms with E-state index in [9.17, 15) is 9.90 Å². The van der Waals surface area contributed by atoms with Crippen molar-refractivity contribution in [3.63, 3.8) is 0 Å². The molecule has 1 N–H and O–H groups in total. The molecule has 0 bridgehead atoms. The average molecular weight is 968 g/mol. The van der Waals surface area contributed by atoms with Gasteiger partial charge in [-0.25, -0.2) is 0 Å². The van der Waals surface area contributed by atoms with E-state index in [1.54, 1.807) is 0 Å². The molecule has 3 unspecified atom stereocenters. The predicted molar refractivity (Wildman–Crippen MR) is 279 cm³/mol. The van der Waals surface area contributed by atoms with Gasteiger partial charge < -0.3 is 32.3 Å². The second-order valence-corrected chi connectivity index (χ2v) is 49.5. The van der Waals surface area contributed by atoms with Gasteiger partial charge in [-0.05, 0) is 122 Å². The summed E-state index contributed by atoms with van der Waals surface area (Å²) >= 11 is 0. The van der Waals surface area contributed by atoms with Crippen LogP contribution in [0.3, 0.4) is 0 Å². The summed E-state index contributed by atoms with van der Waals surface area (Å²) in [6, 6.07) is 4.20. The summed E-state index contributed by atoms with van der Waals surface area (Å²) in [7, 11) is -12.4. The van der Waals surface area contributed by atoms with Gasteiger partial charge in [-0.15, -0.1) is 0 Å². The Kier molecular flexibility index (Phi) is 26.4. The van der Waals surface area contributed by atoms with Crippen molar-refractivity contribution in [1.82, 2.24) is 0 Å². The lowest BCUT2D eigenvalue weighted by Crippen LogP contribution is -2.67. The molecule has 0 saturated carbocycles. The van der Waals surface area contributed by atoms with Crippen molar-refractivity contribution in [2.45, 2.75) is 270 Å². The second-order valence-electron chi connectivity index (χ2n) is 22.4. The first-order valence-corrected chi connectivity index (χ1v) is 43.6. The number of unbranched alkanes of at least 4 members (excludes halogenated alkanes) is 2. The Morgan fingerprint density at radius 2 is 1.11 bits per heavy atom. The van der Waals surface area contributed by atoms with Crippen LogP contribution in [0.4, 0.5) is 0 Å². The predicted octanol–water partition coefficient (Wildman–Crippen LogP) is 14.1. The molecule has 0 fully saturated rings. The van der Waals surface area contributed by atoms with E-state index in [2.05, 4.69) is 141 Å². The van der Waals surface area contributed by atoms with Gasteiger partial charge in [0.05, 0.1) is 46.2 Å². The summed E-state index contributed by atoms with van der Waals surface area (Å²) in [5.41, 5.74) is 0.199. The first-order valence-electron chi connectivity index (χ1n) is 25.1. The van der Waals surface area contributed by atoms with Crippen LogP contribution in [-0.2, 0) is 32.0 Å². The fraction of sp³-hybridized carbons (Fsp3) is 0.979. The SMILES string of the molecule is CCCC[Si](C)(C)OC(CC)[Si](C)(C)OC(CC)(CC)[Si](C)(C)CCCOCC(CO)OC(=O)[C@@H](C)C[Si](C)(C)C(CC)(CC)O[Si](C)(C)C(C)(CC)O[Si](C)(C)CCCC. The number of aliphatic hydroxyl groups excluding tert-OH is 1. The third-order valence-electron chi connectivity index (χ3n) is 15.1. The van der Waals surface area contributed by atoms with Crippen LogP contribution in [0, 0.1) is 5.92 Å². The molecule has 0 spiro atoms. The van der Waals surface area contributed by atoms with Gasteiger partial charge >= 0.3 is 5.97 Å². The fourth-order valence-corrected chi connectivity index (χ4v) is 35.0. The molecule has 0 aromatic heterocycles. The molecule has 0 aliphatic heterocycles. The van der Waals surface area contributed by atoms with Crippen molar-refractivity contribution in [2.24, 2.45) is 5.92 Å². The average Bonchev–Trinajstić information content (AvgIpc) is 3.17. The Bertz CT molecular complexity index is 1240. The van der Waals surface area contributed by atoms with Crippen LogP contribution in [0.2, 0.25) is 103 Å². The number of rotatable bonds is 35. The molecule has 0 aliphatic carbocycles. The highest BCUT2D eigenvalue weighted by molar-refractivity contribution is 6.83. The summed E-state index contributed by atoms with van der Waals surface area (Å²) in [5.74, 6) is -0.570. The zero-order chi connectivity index (χ0) is 47.8. The number of hydrogen-bond donors (Lipinski definition) is 1. The lowest BCUT2D eigenvalue weighted by Gasteiger charge is -2.54. The number of carbonyl (C=O) groups excluding carboxylic acids is 1. The number of ether oxygens (including phenoxy) is 2. The first kappa shape index (κ1) is 61.5. The van der Waals surface area contributed by atoms with Crippen molar-refractivity contribution in [1.29, 1.82) is 0 Å². The number of hydrogen-bond acceptors (Lipinski definition) is 8. The van der Waals surface area contributed by atoms with Crippen LogP contribution in [-0.4, -0.2) is 108 Å². The lowest BCUT2D eigenvalue weighted by atomic mass is 10.2. The van der Waals surface area contributed by atoms with Crippen LogP contribution in [0.1, 0.15) is 140 Å². The highest BCUT2D eigenvalue weighted by atomic mass is 28.4. The molecule has 0 amide bonds. The summed E-state index contributed by atoms with van der Waals surface area (Å²) in [5, 5.41) is 9.59. The maximum atomic E-state index is 13.7. The van der Waals surface area contributed by atoms with Crippen LogP contribution in [0.5, 0.6) is 0 Å². The summed E-state index contributed by atoms with van der Waals surface area (Å²) in [6.45, 7) is 51.7. The van der Waals surface area contributed by atoms with Gasteiger partial charge in [-0.1, -0.05) is 120 Å². The van der Waals surface area contributed by atoms with E-state index in [4.69, 9.17) is 27.2 Å². The molecule has 4 atom stereocenters. The minimum Gasteiger partial charge on any atom is -0.457 e. The quantitative estimate of drug-likeness (QED) is 0.0381. The van der Waals surface area contributed by atoms with Crippen LogP contribution in [0.25, 0.3) is 0 Å². The molecule has 0 rings (SSSR count). The van der Waals surface area contributed by atoms with E-state index in [1.165, 1.54) is 37.8 Å². The van der Waals surface area contributed by atoms with Gasteiger partial charge in [-0.2, -0.15) is 0 Å². The Morgan fingerprint density at radius 1 is 0.623 bits per heavy atom. The minimum absolute atomic E-state index is 0.128. The Morgan fingerprint density at radius 3 is 1.56 bits per heavy atom. The molecule has 0 aromatic rings. The summed E-state index contributed by atoms with van der Waals surface area (Å²) in [4.78, 5) is 13.7. The number of carbonyl (C=O) groups is 1. The summed E-state index contributed by atoms with van der Waals surface area (Å²) in [6.07, 6.45) is 10.8. The standard InChI is InChI=1S/C47H106O8Si6/c1-23-31-36-58(15,16)52-43(25-3)60(19,20)54-46(27-5,28-6)56(11,12)35-33-34-50-39-42(38-48)51-44(49)41(9)40-57(13,14)47(29-7,30-8)55-61(21,22)45(10,26-4)53-59(17,18)37-32-24-2/h41-43,48H,23-40H2,1-22H3/t41-,42?,43?,45?/m0/s1. The normalized spacial score (nSPS) is 16.6. The van der Waals surface area contributed by atoms with Crippen LogP contribution in [0.15, 0.2) is 0 Å². The zero-order valence-corrected chi connectivity index (χ0v) is 50.8. The van der Waals surface area contributed by atoms with Crippen molar-refractivity contribution in [3.05, 3.63) is 0 Å². The molecule has 8 nitrogen and oxygen atoms in total. The molecule has 0 heterocycles. The Balaban J connectivity index is 5.71. The largest absolute Gasteiger partial charge is 0.457 e. The van der Waals surface area contributed by atoms with Gasteiger partial charge in [-0.3, -0.25) is 4.79 Å². The maximum Gasteiger partial charge on any atom is 0.308 e. The smallest absolute Gasteiger partial charge is 0.308 e. The van der Waals surface area contributed by atoms with Gasteiger partial charge in [0.15, 0.2) is 16.6 Å². The van der Waals surface area contributed by atoms with Gasteiger partial charge in [0.2, 0.25) is 16.6 Å². The molecule has 14 heteroatoms. The maximum absolute atomic E-state index is 13.7. The molecular weight excluding hydrogens is 861 g/mol. The molecule has 0 aromatic carbocycles. The van der Waals surface area contributed by atoms with Crippen molar-refractivity contribution in [3.8, 4) is 0 Å². The fourth-order valence-electron chi connectivity index (χ4n) is 10.3. The van der Waals surface area contributed by atoms with Crippen LogP contribution < -0.4 is 0 Å². The number of esters is 1. The Hall–Kier alpha value is 0.531. The van der Waals surface area contributed by atoms with Gasteiger partial charge in [0, 0.05) is 17.1 Å². The van der Waals surface area contributed by atoms with Crippen molar-refractivity contribution < 1.29 is 37.1 Å². The highest BCUT2D eigenvalue weighted by Gasteiger charge is 2.56. The minimum atomic E-state index is -2.41. The number of aliphatic hydroxyl groups is 1. The van der Waals surface area contributed by atoms with E-state index in [0.717, 1.165) is 57.0 Å². The van der Waals surface area contributed by atoms with E-state index in [-0.39, 0.29) is 46.5 Å². The third kappa shape index (κ3) is 17.9. The third-order valence-corrected chi connectivity index (χ3v) is 37.7. The molecule has 0 saturated heterocycles. The van der Waals surface area contributed by atoms with Crippen molar-refractivity contribution in [2.75, 3.05) is 19.8 Å². The van der Waals surface area contributed by atoms with Crippen molar-refractivity contribution >= 4 is 55.4 Å². The zero-order valence-electron chi connectivity index (χ0n) is 44.8. The van der Waals surface area contributed by atoms with E-state index in [0.29, 0.717) is 6.61 Å². The summed E-state index contributed by atoms with van der Waals surface area (Å²) < 4.78 is 41.3. The Labute approximate surface area is 386 Å². The lowest BCUT2D eigenvalue weighted by molar-refractivity contribution is -0.158. The molecular formula is C47H106O8Si6. The van der Waals surface area contributed by atoms with E-state index >= 15 is 0 Å². The van der Waals surface area contributed by atoms with E-state index in [1.807, 2.05) is 6.92 Å². The molecule has 0 aliphatic rings. The molecule has 61 heavy (non-hydrogen) atoms. The molecule has 0 radical (unpaired) electrons. The molecule has 366 valence electrons.